The Morgan fingerprint density at radius 3 is 2.53 bits per heavy atom. The molecule has 0 saturated carbocycles. The van der Waals surface area contributed by atoms with Crippen molar-refractivity contribution in [3.8, 4) is 0 Å². The van der Waals surface area contributed by atoms with E-state index in [0.717, 1.165) is 57.3 Å². The molecule has 0 radical (unpaired) electrons. The Kier molecular flexibility index (Phi) is 10.8. The van der Waals surface area contributed by atoms with Crippen molar-refractivity contribution >= 4 is 12.2 Å². The average Bonchev–Trinajstić information content (AvgIpc) is 2.41. The van der Waals surface area contributed by atoms with E-state index in [4.69, 9.17) is 0 Å². The number of nitrogens with zero attached hydrogens (tertiary/aromatic N) is 2. The minimum Gasteiger partial charge on any atom is -0.303 e. The molecule has 0 aromatic rings. The van der Waals surface area contributed by atoms with Gasteiger partial charge in [-0.2, -0.15) is 0 Å². The number of aliphatic imine (C=N–C) groups is 1. The smallest absolute Gasteiger partial charge is 0.215 e. The van der Waals surface area contributed by atoms with Crippen molar-refractivity contribution in [1.82, 2.24) is 4.90 Å². The molecule has 0 aliphatic heterocycles. The number of hydrogen-bond donors (Lipinski definition) is 0. The molecule has 0 fully saturated rings. The van der Waals surface area contributed by atoms with Crippen LogP contribution >= 0.6 is 0 Å². The van der Waals surface area contributed by atoms with E-state index in [1.807, 2.05) is 12.2 Å². The molecule has 0 aromatic heterocycles. The Hall–Kier alpha value is -1.38. The maximum atomic E-state index is 11.1. The summed E-state index contributed by atoms with van der Waals surface area (Å²) in [5.74, 6) is 0.912. The van der Waals surface area contributed by atoms with Crippen LogP contribution in [-0.2, 0) is 4.79 Å². The zero-order valence-electron chi connectivity index (χ0n) is 12.7. The standard InChI is InChI=1S/C16H28N2O/c1-5-7-12-16(17-4)18(14-19)13-9-8-11-15(3)10-6-2/h6,10,14H,2,5,7-9,11-13H2,1,3-4H3/b15-10-,17-16?. The fraction of sp³-hybridized carbons (Fsp3) is 0.625. The van der Waals surface area contributed by atoms with Gasteiger partial charge in [-0.15, -0.1) is 0 Å². The van der Waals surface area contributed by atoms with Gasteiger partial charge in [0, 0.05) is 20.0 Å². The second-order valence-corrected chi connectivity index (χ2v) is 4.75. The molecule has 0 N–H and O–H groups in total. The molecule has 0 aliphatic carbocycles. The highest BCUT2D eigenvalue weighted by molar-refractivity contribution is 5.90. The number of rotatable bonds is 10. The van der Waals surface area contributed by atoms with Crippen LogP contribution in [-0.4, -0.2) is 30.7 Å². The first-order valence-corrected chi connectivity index (χ1v) is 7.15. The highest BCUT2D eigenvalue weighted by atomic mass is 16.1. The first-order chi connectivity index (χ1) is 9.19. The molecule has 0 unspecified atom stereocenters. The highest BCUT2D eigenvalue weighted by Crippen LogP contribution is 2.08. The maximum Gasteiger partial charge on any atom is 0.215 e. The van der Waals surface area contributed by atoms with Crippen molar-refractivity contribution in [1.29, 1.82) is 0 Å². The van der Waals surface area contributed by atoms with Gasteiger partial charge in [-0.3, -0.25) is 9.79 Å². The van der Waals surface area contributed by atoms with Crippen LogP contribution in [0.3, 0.4) is 0 Å². The quantitative estimate of drug-likeness (QED) is 0.193. The van der Waals surface area contributed by atoms with Crippen LogP contribution in [0.4, 0.5) is 0 Å². The minimum atomic E-state index is 0.765. The third kappa shape index (κ3) is 8.36. The van der Waals surface area contributed by atoms with Crippen LogP contribution in [0, 0.1) is 0 Å². The van der Waals surface area contributed by atoms with Gasteiger partial charge in [0.05, 0.1) is 0 Å². The molecular weight excluding hydrogens is 236 g/mol. The largest absolute Gasteiger partial charge is 0.303 e. The number of unbranched alkanes of at least 4 members (excludes halogenated alkanes) is 2. The van der Waals surface area contributed by atoms with Crippen molar-refractivity contribution in [2.75, 3.05) is 13.6 Å². The molecule has 19 heavy (non-hydrogen) atoms. The molecular formula is C16H28N2O. The van der Waals surface area contributed by atoms with Gasteiger partial charge in [0.15, 0.2) is 0 Å². The summed E-state index contributed by atoms with van der Waals surface area (Å²) >= 11 is 0. The SMILES string of the molecule is C=C/C=C(/C)CCCCN(C=O)C(CCCC)=NC. The lowest BCUT2D eigenvalue weighted by atomic mass is 10.1. The van der Waals surface area contributed by atoms with Gasteiger partial charge in [0.1, 0.15) is 5.84 Å². The van der Waals surface area contributed by atoms with Crippen LogP contribution in [0.15, 0.2) is 29.3 Å². The van der Waals surface area contributed by atoms with Crippen molar-refractivity contribution < 1.29 is 4.79 Å². The summed E-state index contributed by atoms with van der Waals surface area (Å²) < 4.78 is 0. The van der Waals surface area contributed by atoms with Crippen molar-refractivity contribution in [2.45, 2.75) is 52.4 Å². The van der Waals surface area contributed by atoms with E-state index in [2.05, 4.69) is 25.4 Å². The van der Waals surface area contributed by atoms with Crippen molar-refractivity contribution in [2.24, 2.45) is 4.99 Å². The van der Waals surface area contributed by atoms with E-state index < -0.39 is 0 Å². The zero-order chi connectivity index (χ0) is 14.5. The summed E-state index contributed by atoms with van der Waals surface area (Å²) in [5, 5.41) is 0. The molecule has 0 aromatic carbocycles. The fourth-order valence-electron chi connectivity index (χ4n) is 1.93. The van der Waals surface area contributed by atoms with Gasteiger partial charge in [-0.25, -0.2) is 0 Å². The number of amidine groups is 1. The van der Waals surface area contributed by atoms with E-state index in [-0.39, 0.29) is 0 Å². The summed E-state index contributed by atoms with van der Waals surface area (Å²) in [4.78, 5) is 17.1. The third-order valence-electron chi connectivity index (χ3n) is 3.09. The monoisotopic (exact) mass is 264 g/mol. The number of carbonyl (C=O) groups excluding carboxylic acids is 1. The first-order valence-electron chi connectivity index (χ1n) is 7.15. The maximum absolute atomic E-state index is 11.1. The van der Waals surface area contributed by atoms with Crippen LogP contribution in [0.2, 0.25) is 0 Å². The molecule has 0 bridgehead atoms. The van der Waals surface area contributed by atoms with Crippen LogP contribution in [0.5, 0.6) is 0 Å². The lowest BCUT2D eigenvalue weighted by Gasteiger charge is -2.19. The number of allylic oxidation sites excluding steroid dienone is 3. The van der Waals surface area contributed by atoms with Gasteiger partial charge < -0.3 is 4.90 Å². The van der Waals surface area contributed by atoms with Crippen molar-refractivity contribution in [3.05, 3.63) is 24.3 Å². The van der Waals surface area contributed by atoms with E-state index in [1.54, 1.807) is 11.9 Å². The summed E-state index contributed by atoms with van der Waals surface area (Å²) in [6, 6.07) is 0. The molecule has 0 aliphatic rings. The number of amides is 1. The summed E-state index contributed by atoms with van der Waals surface area (Å²) in [6.07, 6.45) is 11.0. The topological polar surface area (TPSA) is 32.7 Å². The predicted molar refractivity (Wildman–Crippen MR) is 83.5 cm³/mol. The van der Waals surface area contributed by atoms with E-state index in [0.29, 0.717) is 0 Å². The molecule has 0 spiro atoms. The molecule has 0 rings (SSSR count). The summed E-state index contributed by atoms with van der Waals surface area (Å²) in [6.45, 7) is 8.71. The van der Waals surface area contributed by atoms with E-state index >= 15 is 0 Å². The third-order valence-corrected chi connectivity index (χ3v) is 3.09. The molecule has 108 valence electrons. The molecule has 0 saturated heterocycles. The van der Waals surface area contributed by atoms with Gasteiger partial charge in [0.2, 0.25) is 6.41 Å². The molecule has 3 heteroatoms. The second-order valence-electron chi connectivity index (χ2n) is 4.75. The molecule has 0 atom stereocenters. The molecule has 0 heterocycles. The Labute approximate surface area is 118 Å². The second kappa shape index (κ2) is 11.7. The number of carbonyl (C=O) groups is 1. The minimum absolute atomic E-state index is 0.765. The fourth-order valence-corrected chi connectivity index (χ4v) is 1.93. The van der Waals surface area contributed by atoms with Crippen molar-refractivity contribution in [3.63, 3.8) is 0 Å². The van der Waals surface area contributed by atoms with Crippen LogP contribution in [0.1, 0.15) is 52.4 Å². The Morgan fingerprint density at radius 1 is 1.26 bits per heavy atom. The zero-order valence-corrected chi connectivity index (χ0v) is 12.7. The van der Waals surface area contributed by atoms with E-state index in [9.17, 15) is 4.79 Å². The van der Waals surface area contributed by atoms with Gasteiger partial charge in [0.25, 0.3) is 0 Å². The van der Waals surface area contributed by atoms with Gasteiger partial charge in [-0.1, -0.05) is 37.6 Å². The lowest BCUT2D eigenvalue weighted by molar-refractivity contribution is -0.115. The Balaban J connectivity index is 4.08. The molecule has 1 amide bonds. The summed E-state index contributed by atoms with van der Waals surface area (Å²) in [7, 11) is 1.76. The number of hydrogen-bond acceptors (Lipinski definition) is 2. The highest BCUT2D eigenvalue weighted by Gasteiger charge is 2.08. The van der Waals surface area contributed by atoms with Crippen LogP contribution in [0.25, 0.3) is 0 Å². The first kappa shape index (κ1) is 17.6. The molecule has 3 nitrogen and oxygen atoms in total. The predicted octanol–water partition coefficient (Wildman–Crippen LogP) is 3.97. The average molecular weight is 264 g/mol. The lowest BCUT2D eigenvalue weighted by Crippen LogP contribution is -2.30. The summed E-state index contributed by atoms with van der Waals surface area (Å²) in [5.41, 5.74) is 1.34. The van der Waals surface area contributed by atoms with Gasteiger partial charge >= 0.3 is 0 Å². The van der Waals surface area contributed by atoms with E-state index in [1.165, 1.54) is 5.57 Å². The van der Waals surface area contributed by atoms with Gasteiger partial charge in [-0.05, 0) is 32.6 Å². The normalized spacial score (nSPS) is 12.4. The Morgan fingerprint density at radius 2 is 2.00 bits per heavy atom. The van der Waals surface area contributed by atoms with Crippen LogP contribution < -0.4 is 0 Å². The Bertz CT molecular complexity index is 319.